The number of rotatable bonds is 5. The van der Waals surface area contributed by atoms with Crippen molar-refractivity contribution in [2.45, 2.75) is 6.10 Å². The summed E-state index contributed by atoms with van der Waals surface area (Å²) in [4.78, 5) is 16.0. The number of benzene rings is 2. The van der Waals surface area contributed by atoms with Crippen LogP contribution in [0.15, 0.2) is 48.5 Å². The predicted octanol–water partition coefficient (Wildman–Crippen LogP) is 3.07. The Hall–Kier alpha value is -2.40. The number of likely N-dealkylation sites (N-methyl/N-ethyl adjacent to an activating group) is 1. The van der Waals surface area contributed by atoms with Crippen LogP contribution < -0.4 is 14.4 Å². The van der Waals surface area contributed by atoms with Crippen LogP contribution >= 0.6 is 11.6 Å². The van der Waals surface area contributed by atoms with Gasteiger partial charge < -0.3 is 19.3 Å². The van der Waals surface area contributed by atoms with E-state index in [0.717, 1.165) is 5.69 Å². The molecular weight excluding hydrogens is 340 g/mol. The number of anilines is 1. The van der Waals surface area contributed by atoms with Crippen LogP contribution in [0.1, 0.15) is 0 Å². The summed E-state index contributed by atoms with van der Waals surface area (Å²) >= 11 is 6.12. The van der Waals surface area contributed by atoms with Gasteiger partial charge in [0, 0.05) is 14.1 Å². The molecule has 0 spiro atoms. The van der Waals surface area contributed by atoms with E-state index in [2.05, 4.69) is 4.90 Å². The maximum atomic E-state index is 12.3. The molecule has 0 fully saturated rings. The number of nitrogens with zero attached hydrogens (tertiary/aromatic N) is 2. The van der Waals surface area contributed by atoms with Gasteiger partial charge in [-0.3, -0.25) is 4.79 Å². The van der Waals surface area contributed by atoms with Gasteiger partial charge in [0.05, 0.1) is 23.8 Å². The van der Waals surface area contributed by atoms with Gasteiger partial charge >= 0.3 is 0 Å². The third-order valence-electron chi connectivity index (χ3n) is 4.03. The Balaban J connectivity index is 1.70. The molecular formula is C19H21ClN2O3. The van der Waals surface area contributed by atoms with Crippen LogP contribution in [-0.2, 0) is 4.79 Å². The molecule has 0 saturated carbocycles. The first kappa shape index (κ1) is 17.4. The highest BCUT2D eigenvalue weighted by Gasteiger charge is 2.31. The summed E-state index contributed by atoms with van der Waals surface area (Å²) in [5, 5.41) is 0.588. The van der Waals surface area contributed by atoms with Crippen molar-refractivity contribution in [1.29, 1.82) is 0 Å². The van der Waals surface area contributed by atoms with Crippen molar-refractivity contribution in [1.82, 2.24) is 4.90 Å². The molecule has 3 rings (SSSR count). The highest BCUT2D eigenvalue weighted by molar-refractivity contribution is 6.32. The molecule has 1 amide bonds. The van der Waals surface area contributed by atoms with Crippen LogP contribution in [-0.4, -0.2) is 50.7 Å². The number of carbonyl (C=O) groups excluding carboxylic acids is 1. The topological polar surface area (TPSA) is 42.0 Å². The molecule has 2 aromatic carbocycles. The van der Waals surface area contributed by atoms with Crippen LogP contribution in [0.2, 0.25) is 5.02 Å². The second kappa shape index (κ2) is 7.66. The zero-order valence-electron chi connectivity index (χ0n) is 14.3. The molecule has 0 saturated heterocycles. The summed E-state index contributed by atoms with van der Waals surface area (Å²) < 4.78 is 11.7. The first-order chi connectivity index (χ1) is 12.1. The van der Waals surface area contributed by atoms with E-state index in [1.807, 2.05) is 42.5 Å². The zero-order chi connectivity index (χ0) is 17.8. The summed E-state index contributed by atoms with van der Waals surface area (Å²) in [6, 6.07) is 15.1. The normalized spacial score (nSPS) is 16.0. The Morgan fingerprint density at radius 2 is 1.96 bits per heavy atom. The quantitative estimate of drug-likeness (QED) is 0.821. The standard InChI is InChI=1S/C19H21ClN2O3/c1-21(2)19(23)18-13-22(15-8-4-6-10-17(15)25-18)11-12-24-16-9-5-3-7-14(16)20/h3-10,18H,11-13H2,1-2H3/t18-/m1/s1. The fourth-order valence-electron chi connectivity index (χ4n) is 2.76. The van der Waals surface area contributed by atoms with Crippen LogP contribution in [0.3, 0.4) is 0 Å². The SMILES string of the molecule is CN(C)C(=O)[C@H]1CN(CCOc2ccccc2Cl)c2ccccc2O1. The van der Waals surface area contributed by atoms with Crippen molar-refractivity contribution >= 4 is 23.2 Å². The van der Waals surface area contributed by atoms with Crippen LogP contribution in [0.4, 0.5) is 5.69 Å². The van der Waals surface area contributed by atoms with E-state index in [1.54, 1.807) is 25.1 Å². The van der Waals surface area contributed by atoms with Crippen molar-refractivity contribution in [2.75, 3.05) is 38.7 Å². The van der Waals surface area contributed by atoms with E-state index >= 15 is 0 Å². The molecule has 1 atom stereocenters. The van der Waals surface area contributed by atoms with E-state index in [-0.39, 0.29) is 5.91 Å². The molecule has 0 aromatic heterocycles. The van der Waals surface area contributed by atoms with Gasteiger partial charge in [-0.25, -0.2) is 0 Å². The summed E-state index contributed by atoms with van der Waals surface area (Å²) in [7, 11) is 3.47. The molecule has 0 radical (unpaired) electrons. The minimum Gasteiger partial charge on any atom is -0.490 e. The Bertz CT molecular complexity index is 751. The van der Waals surface area contributed by atoms with Gasteiger partial charge in [0.15, 0.2) is 6.10 Å². The van der Waals surface area contributed by atoms with Gasteiger partial charge in [0.25, 0.3) is 5.91 Å². The molecule has 1 aliphatic rings. The number of ether oxygens (including phenoxy) is 2. The Morgan fingerprint density at radius 1 is 1.24 bits per heavy atom. The average molecular weight is 361 g/mol. The summed E-state index contributed by atoms with van der Waals surface area (Å²) in [5.74, 6) is 1.32. The Morgan fingerprint density at radius 3 is 2.72 bits per heavy atom. The smallest absolute Gasteiger partial charge is 0.265 e. The number of amides is 1. The summed E-state index contributed by atoms with van der Waals surface area (Å²) in [5.41, 5.74) is 0.966. The number of carbonyl (C=O) groups is 1. The maximum absolute atomic E-state index is 12.3. The summed E-state index contributed by atoms with van der Waals surface area (Å²) in [6.45, 7) is 1.57. The second-order valence-corrected chi connectivity index (χ2v) is 6.44. The van der Waals surface area contributed by atoms with E-state index < -0.39 is 6.10 Å². The largest absolute Gasteiger partial charge is 0.490 e. The van der Waals surface area contributed by atoms with Crippen LogP contribution in [0.5, 0.6) is 11.5 Å². The number of hydrogen-bond donors (Lipinski definition) is 0. The van der Waals surface area contributed by atoms with Gasteiger partial charge in [0.2, 0.25) is 0 Å². The van der Waals surface area contributed by atoms with Gasteiger partial charge in [-0.2, -0.15) is 0 Å². The lowest BCUT2D eigenvalue weighted by atomic mass is 10.1. The molecule has 25 heavy (non-hydrogen) atoms. The van der Waals surface area contributed by atoms with Crippen LogP contribution in [0.25, 0.3) is 0 Å². The van der Waals surface area contributed by atoms with E-state index in [0.29, 0.717) is 36.2 Å². The summed E-state index contributed by atoms with van der Waals surface area (Å²) in [6.07, 6.45) is -0.523. The van der Waals surface area contributed by atoms with Gasteiger partial charge in [-0.05, 0) is 24.3 Å². The lowest BCUT2D eigenvalue weighted by molar-refractivity contribution is -0.136. The second-order valence-electron chi connectivity index (χ2n) is 6.03. The first-order valence-electron chi connectivity index (χ1n) is 8.15. The number of para-hydroxylation sites is 3. The van der Waals surface area contributed by atoms with Crippen molar-refractivity contribution in [3.05, 3.63) is 53.6 Å². The monoisotopic (exact) mass is 360 g/mol. The third kappa shape index (κ3) is 3.99. The Labute approximate surface area is 152 Å². The molecule has 1 aliphatic heterocycles. The lowest BCUT2D eigenvalue weighted by Gasteiger charge is -2.36. The van der Waals surface area contributed by atoms with Crippen LogP contribution in [0, 0.1) is 0 Å². The zero-order valence-corrected chi connectivity index (χ0v) is 15.1. The number of fused-ring (bicyclic) bond motifs is 1. The molecule has 0 aliphatic carbocycles. The molecule has 132 valence electrons. The molecule has 0 bridgehead atoms. The van der Waals surface area contributed by atoms with Gasteiger partial charge in [-0.15, -0.1) is 0 Å². The van der Waals surface area contributed by atoms with E-state index in [9.17, 15) is 4.79 Å². The molecule has 0 unspecified atom stereocenters. The minimum absolute atomic E-state index is 0.0495. The highest BCUT2D eigenvalue weighted by Crippen LogP contribution is 2.33. The molecule has 0 N–H and O–H groups in total. The third-order valence-corrected chi connectivity index (χ3v) is 4.35. The Kier molecular flexibility index (Phi) is 5.34. The van der Waals surface area contributed by atoms with Crippen molar-refractivity contribution in [2.24, 2.45) is 0 Å². The average Bonchev–Trinajstić information content (AvgIpc) is 2.62. The van der Waals surface area contributed by atoms with Crippen molar-refractivity contribution in [3.63, 3.8) is 0 Å². The van der Waals surface area contributed by atoms with E-state index in [1.165, 1.54) is 0 Å². The first-order valence-corrected chi connectivity index (χ1v) is 8.53. The fraction of sp³-hybridized carbons (Fsp3) is 0.316. The van der Waals surface area contributed by atoms with Crippen molar-refractivity contribution < 1.29 is 14.3 Å². The molecule has 1 heterocycles. The lowest BCUT2D eigenvalue weighted by Crippen LogP contribution is -2.49. The molecule has 6 heteroatoms. The van der Waals surface area contributed by atoms with Crippen molar-refractivity contribution in [3.8, 4) is 11.5 Å². The highest BCUT2D eigenvalue weighted by atomic mass is 35.5. The molecule has 5 nitrogen and oxygen atoms in total. The van der Waals surface area contributed by atoms with Gasteiger partial charge in [0.1, 0.15) is 18.1 Å². The number of hydrogen-bond acceptors (Lipinski definition) is 4. The van der Waals surface area contributed by atoms with Gasteiger partial charge in [-0.1, -0.05) is 35.9 Å². The maximum Gasteiger partial charge on any atom is 0.265 e. The fourth-order valence-corrected chi connectivity index (χ4v) is 2.95. The minimum atomic E-state index is -0.523. The van der Waals surface area contributed by atoms with E-state index in [4.69, 9.17) is 21.1 Å². The molecule has 2 aromatic rings. The predicted molar refractivity (Wildman–Crippen MR) is 98.7 cm³/mol. The number of halogens is 1.